The van der Waals surface area contributed by atoms with Crippen LogP contribution in [0.25, 0.3) is 0 Å². The first-order chi connectivity index (χ1) is 14.3. The van der Waals surface area contributed by atoms with Gasteiger partial charge < -0.3 is 0 Å². The molecule has 2 aliphatic carbocycles. The first-order valence-corrected chi connectivity index (χ1v) is 13.9. The van der Waals surface area contributed by atoms with Gasteiger partial charge in [-0.05, 0) is 61.3 Å². The van der Waals surface area contributed by atoms with Gasteiger partial charge in [0, 0.05) is 38.0 Å². The summed E-state index contributed by atoms with van der Waals surface area (Å²) in [6.07, 6.45) is 2.00. The van der Waals surface area contributed by atoms with Gasteiger partial charge in [-0.15, -0.1) is 0 Å². The van der Waals surface area contributed by atoms with Crippen molar-refractivity contribution in [2.75, 3.05) is 31.9 Å². The number of carbonyl (C=O) groups is 1. The Morgan fingerprint density at radius 1 is 0.968 bits per heavy atom. The number of Topliss-reactive ketones (excluding diaryl/α,β-unsaturated/α-hetero) is 1. The number of sulfonamides is 2. The second-order valence-corrected chi connectivity index (χ2v) is 13.9. The van der Waals surface area contributed by atoms with E-state index < -0.39 is 25.5 Å². The minimum absolute atomic E-state index is 0.0771. The summed E-state index contributed by atoms with van der Waals surface area (Å²) in [5.74, 6) is 0.176. The molecular weight excluding hydrogens is 436 g/mol. The Kier molecular flexibility index (Phi) is 5.44. The van der Waals surface area contributed by atoms with E-state index in [-0.39, 0.29) is 53.9 Å². The fourth-order valence-corrected chi connectivity index (χ4v) is 9.43. The molecule has 0 aromatic heterocycles. The molecule has 1 aliphatic heterocycles. The Morgan fingerprint density at radius 3 is 2.10 bits per heavy atom. The van der Waals surface area contributed by atoms with Crippen molar-refractivity contribution in [3.05, 3.63) is 29.3 Å². The molecule has 172 valence electrons. The van der Waals surface area contributed by atoms with Gasteiger partial charge in [0.05, 0.1) is 10.6 Å². The van der Waals surface area contributed by atoms with Crippen molar-refractivity contribution in [2.45, 2.75) is 51.9 Å². The van der Waals surface area contributed by atoms with Crippen molar-refractivity contribution in [1.29, 1.82) is 0 Å². The summed E-state index contributed by atoms with van der Waals surface area (Å²) in [4.78, 5) is 13.0. The Labute approximate surface area is 185 Å². The van der Waals surface area contributed by atoms with Gasteiger partial charge in [0.2, 0.25) is 20.0 Å². The van der Waals surface area contributed by atoms with Crippen LogP contribution in [-0.2, 0) is 24.8 Å². The Hall–Kier alpha value is -1.29. The minimum atomic E-state index is -3.67. The highest BCUT2D eigenvalue weighted by Gasteiger charge is 2.65. The SMILES string of the molecule is Cc1ccc(S(=O)(=O)N2CCN(S(=O)(=O)CC34CCC(CC3=O)C4(C)C)CC2)cc1C. The van der Waals surface area contributed by atoms with E-state index in [4.69, 9.17) is 0 Å². The molecule has 2 bridgehead atoms. The zero-order valence-electron chi connectivity index (χ0n) is 18.7. The van der Waals surface area contributed by atoms with Gasteiger partial charge in [0.1, 0.15) is 5.78 Å². The molecule has 2 saturated carbocycles. The van der Waals surface area contributed by atoms with Gasteiger partial charge >= 0.3 is 0 Å². The largest absolute Gasteiger partial charge is 0.299 e. The lowest BCUT2D eigenvalue weighted by Crippen LogP contribution is -2.53. The topological polar surface area (TPSA) is 91.8 Å². The second kappa shape index (κ2) is 7.37. The molecule has 4 rings (SSSR count). The molecule has 0 spiro atoms. The van der Waals surface area contributed by atoms with Crippen molar-refractivity contribution in [3.63, 3.8) is 0 Å². The highest BCUT2D eigenvalue weighted by atomic mass is 32.2. The van der Waals surface area contributed by atoms with Crippen molar-refractivity contribution >= 4 is 25.8 Å². The van der Waals surface area contributed by atoms with Crippen LogP contribution in [-0.4, -0.2) is 63.2 Å². The predicted molar refractivity (Wildman–Crippen MR) is 119 cm³/mol. The first kappa shape index (κ1) is 22.9. The summed E-state index contributed by atoms with van der Waals surface area (Å²) in [6.45, 7) is 8.30. The van der Waals surface area contributed by atoms with Crippen LogP contribution in [0.1, 0.15) is 44.2 Å². The third-order valence-corrected chi connectivity index (χ3v) is 12.2. The third-order valence-electron chi connectivity index (χ3n) is 8.28. The fourth-order valence-electron chi connectivity index (χ4n) is 5.72. The summed E-state index contributed by atoms with van der Waals surface area (Å²) in [5.41, 5.74) is 0.804. The fraction of sp³-hybridized carbons (Fsp3) is 0.682. The average Bonchev–Trinajstić information content (AvgIpc) is 3.04. The van der Waals surface area contributed by atoms with Gasteiger partial charge in [0.15, 0.2) is 0 Å². The predicted octanol–water partition coefficient (Wildman–Crippen LogP) is 2.33. The monoisotopic (exact) mass is 468 g/mol. The van der Waals surface area contributed by atoms with E-state index in [0.29, 0.717) is 12.8 Å². The van der Waals surface area contributed by atoms with E-state index in [9.17, 15) is 21.6 Å². The standard InChI is InChI=1S/C22H32N2O5S2/c1-16-5-6-19(13-17(16)2)31(28,29)24-11-9-23(10-12-24)30(26,27)15-22-8-7-18(14-20(22)25)21(22,3)4/h5-6,13,18H,7-12,14-15H2,1-4H3. The summed E-state index contributed by atoms with van der Waals surface area (Å²) in [6, 6.07) is 5.05. The van der Waals surface area contributed by atoms with Gasteiger partial charge in [-0.1, -0.05) is 19.9 Å². The number of fused-ring (bicyclic) bond motifs is 2. The highest BCUT2D eigenvalue weighted by molar-refractivity contribution is 7.89. The van der Waals surface area contributed by atoms with Crippen LogP contribution >= 0.6 is 0 Å². The lowest BCUT2D eigenvalue weighted by Gasteiger charge is -2.39. The van der Waals surface area contributed by atoms with Crippen molar-refractivity contribution in [2.24, 2.45) is 16.7 Å². The van der Waals surface area contributed by atoms with Crippen LogP contribution in [0, 0.1) is 30.6 Å². The molecule has 1 heterocycles. The number of hydrogen-bond donors (Lipinski definition) is 0. The number of carbonyl (C=O) groups excluding carboxylic acids is 1. The molecule has 2 atom stereocenters. The van der Waals surface area contributed by atoms with Crippen molar-refractivity contribution in [3.8, 4) is 0 Å². The zero-order chi connectivity index (χ0) is 22.8. The number of rotatable bonds is 5. The second-order valence-electron chi connectivity index (χ2n) is 9.97. The average molecular weight is 469 g/mol. The van der Waals surface area contributed by atoms with Crippen LogP contribution < -0.4 is 0 Å². The van der Waals surface area contributed by atoms with Gasteiger partial charge in [-0.25, -0.2) is 16.8 Å². The number of ketones is 1. The molecule has 7 nitrogen and oxygen atoms in total. The molecule has 3 fully saturated rings. The highest BCUT2D eigenvalue weighted by Crippen LogP contribution is 2.64. The summed E-state index contributed by atoms with van der Waals surface area (Å²) in [7, 11) is -7.34. The van der Waals surface area contributed by atoms with E-state index in [1.807, 2.05) is 27.7 Å². The molecule has 0 N–H and O–H groups in total. The van der Waals surface area contributed by atoms with Gasteiger partial charge in [0.25, 0.3) is 0 Å². The van der Waals surface area contributed by atoms with Crippen LogP contribution in [0.4, 0.5) is 0 Å². The Balaban J connectivity index is 1.48. The van der Waals surface area contributed by atoms with E-state index in [1.165, 1.54) is 8.61 Å². The first-order valence-electron chi connectivity index (χ1n) is 10.9. The molecule has 0 amide bonds. The molecular formula is C22H32N2O5S2. The molecule has 1 saturated heterocycles. The Morgan fingerprint density at radius 2 is 1.58 bits per heavy atom. The lowest BCUT2D eigenvalue weighted by atomic mass is 9.70. The molecule has 2 unspecified atom stereocenters. The molecule has 0 radical (unpaired) electrons. The van der Waals surface area contributed by atoms with Crippen molar-refractivity contribution < 1.29 is 21.6 Å². The number of piperazine rings is 1. The maximum absolute atomic E-state index is 13.3. The molecule has 3 aliphatic rings. The van der Waals surface area contributed by atoms with Crippen molar-refractivity contribution in [1.82, 2.24) is 8.61 Å². The van der Waals surface area contributed by atoms with Gasteiger partial charge in [-0.3, -0.25) is 4.79 Å². The van der Waals surface area contributed by atoms with E-state index in [0.717, 1.165) is 17.5 Å². The zero-order valence-corrected chi connectivity index (χ0v) is 20.4. The van der Waals surface area contributed by atoms with Gasteiger partial charge in [-0.2, -0.15) is 8.61 Å². The van der Waals surface area contributed by atoms with Crippen LogP contribution in [0.5, 0.6) is 0 Å². The summed E-state index contributed by atoms with van der Waals surface area (Å²) < 4.78 is 55.3. The molecule has 31 heavy (non-hydrogen) atoms. The molecule has 1 aromatic rings. The molecule has 9 heteroatoms. The Bertz CT molecular complexity index is 1120. The minimum Gasteiger partial charge on any atom is -0.299 e. The lowest BCUT2D eigenvalue weighted by molar-refractivity contribution is -0.128. The number of aryl methyl sites for hydroxylation is 2. The normalized spacial score (nSPS) is 29.5. The molecule has 1 aromatic carbocycles. The van der Waals surface area contributed by atoms with Crippen LogP contribution in [0.2, 0.25) is 0 Å². The number of nitrogens with zero attached hydrogens (tertiary/aromatic N) is 2. The number of benzene rings is 1. The van der Waals surface area contributed by atoms with Crippen LogP contribution in [0.3, 0.4) is 0 Å². The summed E-state index contributed by atoms with van der Waals surface area (Å²) in [5, 5.41) is 0. The van der Waals surface area contributed by atoms with Crippen LogP contribution in [0.15, 0.2) is 23.1 Å². The van der Waals surface area contributed by atoms with E-state index in [1.54, 1.807) is 18.2 Å². The van der Waals surface area contributed by atoms with E-state index in [2.05, 4.69) is 0 Å². The number of hydrogen-bond acceptors (Lipinski definition) is 5. The maximum atomic E-state index is 13.3. The summed E-state index contributed by atoms with van der Waals surface area (Å²) >= 11 is 0. The third kappa shape index (κ3) is 3.48. The maximum Gasteiger partial charge on any atom is 0.243 e. The smallest absolute Gasteiger partial charge is 0.243 e. The quantitative estimate of drug-likeness (QED) is 0.661. The van der Waals surface area contributed by atoms with E-state index >= 15 is 0 Å².